The van der Waals surface area contributed by atoms with Crippen LogP contribution in [0.1, 0.15) is 58.8 Å². The minimum atomic E-state index is -0.705. The van der Waals surface area contributed by atoms with Gasteiger partial charge < -0.3 is 10.2 Å². The van der Waals surface area contributed by atoms with Gasteiger partial charge in [0.2, 0.25) is 11.8 Å². The van der Waals surface area contributed by atoms with Gasteiger partial charge in [-0.2, -0.15) is 0 Å². The summed E-state index contributed by atoms with van der Waals surface area (Å²) in [6.07, 6.45) is 7.48. The number of rotatable bonds is 4. The Balaban J connectivity index is 1.97. The summed E-state index contributed by atoms with van der Waals surface area (Å²) in [6, 6.07) is 0. The van der Waals surface area contributed by atoms with Crippen molar-refractivity contribution >= 4 is 11.8 Å². The van der Waals surface area contributed by atoms with E-state index < -0.39 is 5.54 Å². The Morgan fingerprint density at radius 3 is 2.63 bits per heavy atom. The lowest BCUT2D eigenvalue weighted by Gasteiger charge is -2.31. The van der Waals surface area contributed by atoms with Crippen LogP contribution in [0, 0.1) is 5.92 Å². The topological polar surface area (TPSA) is 49.4 Å². The molecule has 2 rings (SSSR count). The van der Waals surface area contributed by atoms with Crippen LogP contribution in [0.4, 0.5) is 0 Å². The maximum absolute atomic E-state index is 12.6. The van der Waals surface area contributed by atoms with Crippen LogP contribution in [0.25, 0.3) is 0 Å². The van der Waals surface area contributed by atoms with E-state index >= 15 is 0 Å². The quantitative estimate of drug-likeness (QED) is 0.847. The fraction of sp³-hybridized carbons (Fsp3) is 0.867. The third-order valence-corrected chi connectivity index (χ3v) is 4.77. The monoisotopic (exact) mass is 266 g/mol. The van der Waals surface area contributed by atoms with E-state index in [0.29, 0.717) is 19.4 Å². The largest absolute Gasteiger partial charge is 0.342 e. The van der Waals surface area contributed by atoms with Crippen molar-refractivity contribution in [1.82, 2.24) is 10.2 Å². The summed E-state index contributed by atoms with van der Waals surface area (Å²) in [4.78, 5) is 26.2. The number of amides is 2. The molecule has 1 aliphatic heterocycles. The molecule has 4 nitrogen and oxygen atoms in total. The van der Waals surface area contributed by atoms with Crippen LogP contribution in [0.5, 0.6) is 0 Å². The molecule has 1 saturated carbocycles. The van der Waals surface area contributed by atoms with Gasteiger partial charge in [-0.15, -0.1) is 0 Å². The summed E-state index contributed by atoms with van der Waals surface area (Å²) in [7, 11) is 0. The van der Waals surface area contributed by atoms with E-state index in [-0.39, 0.29) is 11.8 Å². The van der Waals surface area contributed by atoms with Crippen molar-refractivity contribution < 1.29 is 9.59 Å². The Bertz CT molecular complexity index is 350. The predicted octanol–water partition coefficient (Wildman–Crippen LogP) is 2.08. The lowest BCUT2D eigenvalue weighted by atomic mass is 9.96. The van der Waals surface area contributed by atoms with Gasteiger partial charge in [-0.3, -0.25) is 9.59 Å². The number of hydrogen-bond donors (Lipinski definition) is 1. The zero-order valence-electron chi connectivity index (χ0n) is 12.2. The van der Waals surface area contributed by atoms with Crippen LogP contribution in [-0.4, -0.2) is 35.3 Å². The summed E-state index contributed by atoms with van der Waals surface area (Å²) in [5.41, 5.74) is -0.705. The SMILES string of the molecule is CCC1(C)NC(=O)CCN(CCC2CCCC2)C1=O. The Labute approximate surface area is 115 Å². The first-order chi connectivity index (χ1) is 9.05. The van der Waals surface area contributed by atoms with Crippen LogP contribution in [-0.2, 0) is 9.59 Å². The summed E-state index contributed by atoms with van der Waals surface area (Å²) < 4.78 is 0. The van der Waals surface area contributed by atoms with Crippen molar-refractivity contribution in [1.29, 1.82) is 0 Å². The predicted molar refractivity (Wildman–Crippen MR) is 74.6 cm³/mol. The molecule has 1 unspecified atom stereocenters. The molecule has 2 fully saturated rings. The number of nitrogens with zero attached hydrogens (tertiary/aromatic N) is 1. The van der Waals surface area contributed by atoms with Crippen molar-refractivity contribution in [3.8, 4) is 0 Å². The molecule has 0 spiro atoms. The fourth-order valence-electron chi connectivity index (χ4n) is 3.20. The summed E-state index contributed by atoms with van der Waals surface area (Å²) in [6.45, 7) is 5.20. The molecule has 2 aliphatic rings. The number of hydrogen-bond acceptors (Lipinski definition) is 2. The molecule has 0 aromatic rings. The van der Waals surface area contributed by atoms with Gasteiger partial charge in [0.05, 0.1) is 0 Å². The molecule has 1 atom stereocenters. The van der Waals surface area contributed by atoms with Crippen molar-refractivity contribution in [3.63, 3.8) is 0 Å². The number of carbonyl (C=O) groups excluding carboxylic acids is 2. The van der Waals surface area contributed by atoms with Gasteiger partial charge in [-0.1, -0.05) is 32.6 Å². The highest BCUT2D eigenvalue weighted by Crippen LogP contribution is 2.28. The first-order valence-corrected chi connectivity index (χ1v) is 7.65. The molecule has 4 heteroatoms. The first kappa shape index (κ1) is 14.4. The van der Waals surface area contributed by atoms with Gasteiger partial charge in [0.15, 0.2) is 0 Å². The highest BCUT2D eigenvalue weighted by Gasteiger charge is 2.39. The lowest BCUT2D eigenvalue weighted by molar-refractivity contribution is -0.138. The third-order valence-electron chi connectivity index (χ3n) is 4.77. The molecule has 0 bridgehead atoms. The van der Waals surface area contributed by atoms with Gasteiger partial charge in [-0.05, 0) is 25.7 Å². The lowest BCUT2D eigenvalue weighted by Crippen LogP contribution is -2.54. The van der Waals surface area contributed by atoms with E-state index in [0.717, 1.165) is 18.9 Å². The van der Waals surface area contributed by atoms with Crippen LogP contribution in [0.15, 0.2) is 0 Å². The second-order valence-electron chi connectivity index (χ2n) is 6.22. The molecule has 1 N–H and O–H groups in total. The van der Waals surface area contributed by atoms with Crippen molar-refractivity contribution in [2.75, 3.05) is 13.1 Å². The number of nitrogens with one attached hydrogen (secondary N) is 1. The van der Waals surface area contributed by atoms with E-state index in [1.807, 2.05) is 18.7 Å². The average Bonchev–Trinajstić information content (AvgIpc) is 2.87. The summed E-state index contributed by atoms with van der Waals surface area (Å²) in [5, 5.41) is 2.88. The van der Waals surface area contributed by atoms with Gasteiger partial charge in [0.1, 0.15) is 5.54 Å². The highest BCUT2D eigenvalue weighted by molar-refractivity contribution is 5.93. The average molecular weight is 266 g/mol. The molecular weight excluding hydrogens is 240 g/mol. The van der Waals surface area contributed by atoms with Gasteiger partial charge in [0.25, 0.3) is 0 Å². The molecule has 0 aromatic carbocycles. The second kappa shape index (κ2) is 5.93. The zero-order chi connectivity index (χ0) is 13.9. The summed E-state index contributed by atoms with van der Waals surface area (Å²) >= 11 is 0. The Kier molecular flexibility index (Phi) is 4.48. The first-order valence-electron chi connectivity index (χ1n) is 7.65. The van der Waals surface area contributed by atoms with E-state index in [9.17, 15) is 9.59 Å². The molecule has 1 saturated heterocycles. The van der Waals surface area contributed by atoms with E-state index in [4.69, 9.17) is 0 Å². The van der Waals surface area contributed by atoms with Gasteiger partial charge in [0, 0.05) is 19.5 Å². The molecular formula is C15H26N2O2. The smallest absolute Gasteiger partial charge is 0.248 e. The molecule has 0 aromatic heterocycles. The molecule has 19 heavy (non-hydrogen) atoms. The second-order valence-corrected chi connectivity index (χ2v) is 6.22. The van der Waals surface area contributed by atoms with Crippen LogP contribution < -0.4 is 5.32 Å². The van der Waals surface area contributed by atoms with E-state index in [1.54, 1.807) is 0 Å². The van der Waals surface area contributed by atoms with Crippen molar-refractivity contribution in [3.05, 3.63) is 0 Å². The standard InChI is InChI=1S/C15H26N2O2/c1-3-15(2)14(19)17(11-9-13(18)16-15)10-8-12-6-4-5-7-12/h12H,3-11H2,1-2H3,(H,16,18). The molecule has 2 amide bonds. The van der Waals surface area contributed by atoms with Crippen LogP contribution in [0.2, 0.25) is 0 Å². The maximum Gasteiger partial charge on any atom is 0.248 e. The number of carbonyl (C=O) groups is 2. The molecule has 1 heterocycles. The summed E-state index contributed by atoms with van der Waals surface area (Å²) in [5.74, 6) is 0.882. The minimum Gasteiger partial charge on any atom is -0.342 e. The highest BCUT2D eigenvalue weighted by atomic mass is 16.2. The normalized spacial score (nSPS) is 29.5. The fourth-order valence-corrected chi connectivity index (χ4v) is 3.20. The van der Waals surface area contributed by atoms with Crippen molar-refractivity contribution in [2.45, 2.75) is 64.3 Å². The molecule has 1 aliphatic carbocycles. The molecule has 108 valence electrons. The van der Waals surface area contributed by atoms with E-state index in [1.165, 1.54) is 25.7 Å². The minimum absolute atomic E-state index is 0.000987. The molecule has 0 radical (unpaired) electrons. The van der Waals surface area contributed by atoms with Gasteiger partial charge in [-0.25, -0.2) is 0 Å². The van der Waals surface area contributed by atoms with Crippen LogP contribution >= 0.6 is 0 Å². The Morgan fingerprint density at radius 1 is 1.32 bits per heavy atom. The van der Waals surface area contributed by atoms with Gasteiger partial charge >= 0.3 is 0 Å². The maximum atomic E-state index is 12.6. The van der Waals surface area contributed by atoms with Crippen molar-refractivity contribution in [2.24, 2.45) is 5.92 Å². The van der Waals surface area contributed by atoms with Crippen LogP contribution in [0.3, 0.4) is 0 Å². The zero-order valence-corrected chi connectivity index (χ0v) is 12.2. The third kappa shape index (κ3) is 3.28. The Hall–Kier alpha value is -1.06. The van der Waals surface area contributed by atoms with E-state index in [2.05, 4.69) is 5.32 Å². The Morgan fingerprint density at radius 2 is 2.00 bits per heavy atom.